The lowest BCUT2D eigenvalue weighted by atomic mass is 9.89. The van der Waals surface area contributed by atoms with E-state index in [2.05, 4.69) is 158 Å². The molecule has 0 unspecified atom stereocenters. The van der Waals surface area contributed by atoms with Crippen molar-refractivity contribution >= 4 is 38.6 Å². The molecule has 0 bridgehead atoms. The zero-order chi connectivity index (χ0) is 33.6. The molecule has 0 amide bonds. The van der Waals surface area contributed by atoms with Crippen LogP contribution in [-0.4, -0.2) is 0 Å². The minimum absolute atomic E-state index is 0.752. The standard InChI is InChI=1S/C48H39N/c1-34-28-44(37-16-8-4-9-17-37)30-45(38-18-10-5-11-19-38)31-47(34)41-25-22-40(23-26-41)46(33-49)32-48(35(2)36-14-6-3-7-15-36)43-27-24-39-20-12-13-21-42(39)29-43/h3-4,6-10,12-27,29-30,32-33H,1-2,5,11,28,49H2/b46-33+,48-32+. The number of rotatable bonds is 8. The molecule has 0 aliphatic heterocycles. The summed E-state index contributed by atoms with van der Waals surface area (Å²) in [5, 5.41) is 2.39. The van der Waals surface area contributed by atoms with Crippen LogP contribution in [0.15, 0.2) is 200 Å². The number of allylic oxidation sites excluding steroid dienone is 12. The number of benzene rings is 5. The van der Waals surface area contributed by atoms with Crippen LogP contribution in [0.4, 0.5) is 0 Å². The number of hydrogen-bond acceptors (Lipinski definition) is 1. The van der Waals surface area contributed by atoms with Crippen LogP contribution >= 0.6 is 0 Å². The highest BCUT2D eigenvalue weighted by Gasteiger charge is 2.17. The van der Waals surface area contributed by atoms with Gasteiger partial charge in [-0.25, -0.2) is 0 Å². The lowest BCUT2D eigenvalue weighted by Gasteiger charge is -2.15. The molecule has 0 saturated heterocycles. The van der Waals surface area contributed by atoms with E-state index in [9.17, 15) is 0 Å². The van der Waals surface area contributed by atoms with Crippen molar-refractivity contribution in [1.82, 2.24) is 0 Å². The van der Waals surface area contributed by atoms with Crippen LogP contribution in [0, 0.1) is 0 Å². The van der Waals surface area contributed by atoms with Crippen molar-refractivity contribution in [3.8, 4) is 0 Å². The fourth-order valence-electron chi connectivity index (χ4n) is 6.59. The Hall–Kier alpha value is -6.14. The van der Waals surface area contributed by atoms with Gasteiger partial charge in [-0.15, -0.1) is 5.73 Å². The van der Waals surface area contributed by atoms with Crippen LogP contribution in [0.25, 0.3) is 38.6 Å². The summed E-state index contributed by atoms with van der Waals surface area (Å²) in [6.07, 6.45) is 15.8. The number of nitrogens with two attached hydrogens (primary N) is 1. The summed E-state index contributed by atoms with van der Waals surface area (Å²) in [7, 11) is 0. The van der Waals surface area contributed by atoms with E-state index in [1.165, 1.54) is 27.5 Å². The Balaban J connectivity index is 1.28. The first-order valence-corrected chi connectivity index (χ1v) is 16.9. The summed E-state index contributed by atoms with van der Waals surface area (Å²) in [6.45, 7) is 9.12. The van der Waals surface area contributed by atoms with Crippen LogP contribution in [0.2, 0.25) is 0 Å². The fraction of sp³-hybridized carbons (Fsp3) is 0.0625. The maximum Gasteiger partial charge on any atom is 0.0273 e. The average Bonchev–Trinajstić information content (AvgIpc) is 3.35. The second-order valence-electron chi connectivity index (χ2n) is 12.5. The Labute approximate surface area is 290 Å². The third-order valence-corrected chi connectivity index (χ3v) is 9.28. The Morgan fingerprint density at radius 1 is 0.694 bits per heavy atom. The summed E-state index contributed by atoms with van der Waals surface area (Å²) in [6, 6.07) is 44.5. The van der Waals surface area contributed by atoms with Crippen LogP contribution in [-0.2, 0) is 0 Å². The van der Waals surface area contributed by atoms with E-state index in [1.54, 1.807) is 6.20 Å². The maximum absolute atomic E-state index is 6.36. The highest BCUT2D eigenvalue weighted by Crippen LogP contribution is 2.38. The van der Waals surface area contributed by atoms with E-state index in [0.29, 0.717) is 0 Å². The Bertz CT molecular complexity index is 2280. The Kier molecular flexibility index (Phi) is 9.19. The summed E-state index contributed by atoms with van der Waals surface area (Å²) in [5.74, 6) is 0. The van der Waals surface area contributed by atoms with Crippen LogP contribution in [0.1, 0.15) is 47.1 Å². The molecular weight excluding hydrogens is 591 g/mol. The average molecular weight is 630 g/mol. The van der Waals surface area contributed by atoms with Gasteiger partial charge in [-0.1, -0.05) is 153 Å². The van der Waals surface area contributed by atoms with Gasteiger partial charge in [0.25, 0.3) is 0 Å². The van der Waals surface area contributed by atoms with Gasteiger partial charge in [0.05, 0.1) is 0 Å². The molecule has 236 valence electrons. The van der Waals surface area contributed by atoms with E-state index >= 15 is 0 Å². The summed E-state index contributed by atoms with van der Waals surface area (Å²) in [5.41, 5.74) is 24.2. The predicted molar refractivity (Wildman–Crippen MR) is 211 cm³/mol. The molecule has 0 radical (unpaired) electrons. The van der Waals surface area contributed by atoms with E-state index in [1.807, 2.05) is 18.2 Å². The summed E-state index contributed by atoms with van der Waals surface area (Å²) < 4.78 is 0. The van der Waals surface area contributed by atoms with Crippen molar-refractivity contribution in [2.75, 3.05) is 0 Å². The highest BCUT2D eigenvalue weighted by molar-refractivity contribution is 6.08. The molecule has 1 nitrogen and oxygen atoms in total. The Morgan fingerprint density at radius 2 is 1.39 bits per heavy atom. The van der Waals surface area contributed by atoms with Gasteiger partial charge in [-0.2, -0.15) is 0 Å². The first-order chi connectivity index (χ1) is 24.1. The molecule has 5 aromatic carbocycles. The van der Waals surface area contributed by atoms with E-state index in [0.717, 1.165) is 75.0 Å². The molecule has 0 heterocycles. The summed E-state index contributed by atoms with van der Waals surface area (Å²) in [4.78, 5) is 0. The molecule has 1 heteroatoms. The topological polar surface area (TPSA) is 26.0 Å². The van der Waals surface area contributed by atoms with Crippen molar-refractivity contribution in [1.29, 1.82) is 0 Å². The van der Waals surface area contributed by atoms with Gasteiger partial charge in [0.1, 0.15) is 0 Å². The van der Waals surface area contributed by atoms with Gasteiger partial charge >= 0.3 is 0 Å². The molecule has 0 fully saturated rings. The second kappa shape index (κ2) is 14.3. The van der Waals surface area contributed by atoms with Crippen molar-refractivity contribution in [2.45, 2.75) is 19.3 Å². The molecule has 2 aliphatic carbocycles. The monoisotopic (exact) mass is 629 g/mol. The normalized spacial score (nSPS) is 15.2. The number of hydrogen-bond donors (Lipinski definition) is 1. The van der Waals surface area contributed by atoms with Gasteiger partial charge in [0.2, 0.25) is 0 Å². The summed E-state index contributed by atoms with van der Waals surface area (Å²) >= 11 is 0. The van der Waals surface area contributed by atoms with E-state index in [-0.39, 0.29) is 0 Å². The van der Waals surface area contributed by atoms with Gasteiger partial charge < -0.3 is 5.73 Å². The van der Waals surface area contributed by atoms with Crippen molar-refractivity contribution in [3.63, 3.8) is 0 Å². The molecule has 2 N–H and O–H groups in total. The molecule has 2 aliphatic rings. The fourth-order valence-corrected chi connectivity index (χ4v) is 6.59. The van der Waals surface area contributed by atoms with Crippen LogP contribution in [0.3, 0.4) is 0 Å². The molecular formula is C48H39N. The SMILES string of the molecule is C=C1CC(c2ccccc2)=CC(C2=CCCC=C2)=C=C1c1ccc(C(/C=C(\C(=C)c2ccccc2)c2ccc3ccccc3c2)=C/N)cc1. The van der Waals surface area contributed by atoms with Crippen molar-refractivity contribution < 1.29 is 0 Å². The van der Waals surface area contributed by atoms with Gasteiger partial charge in [0.15, 0.2) is 0 Å². The van der Waals surface area contributed by atoms with Crippen LogP contribution < -0.4 is 5.73 Å². The zero-order valence-electron chi connectivity index (χ0n) is 27.7. The first-order valence-electron chi connectivity index (χ1n) is 16.9. The van der Waals surface area contributed by atoms with E-state index < -0.39 is 0 Å². The molecule has 0 saturated carbocycles. The molecule has 7 rings (SSSR count). The quantitative estimate of drug-likeness (QED) is 0.134. The highest BCUT2D eigenvalue weighted by atomic mass is 14.5. The third-order valence-electron chi connectivity index (χ3n) is 9.28. The molecule has 0 spiro atoms. The lowest BCUT2D eigenvalue weighted by molar-refractivity contribution is 1.02. The first kappa shape index (κ1) is 31.5. The van der Waals surface area contributed by atoms with Gasteiger partial charge in [-0.05, 0) is 110 Å². The molecule has 0 atom stereocenters. The maximum atomic E-state index is 6.36. The van der Waals surface area contributed by atoms with Crippen molar-refractivity contribution in [3.05, 3.63) is 227 Å². The zero-order valence-corrected chi connectivity index (χ0v) is 27.7. The smallest absolute Gasteiger partial charge is 0.0273 e. The minimum Gasteiger partial charge on any atom is -0.404 e. The van der Waals surface area contributed by atoms with Crippen LogP contribution in [0.5, 0.6) is 0 Å². The largest absolute Gasteiger partial charge is 0.404 e. The third kappa shape index (κ3) is 6.94. The predicted octanol–water partition coefficient (Wildman–Crippen LogP) is 12.2. The Morgan fingerprint density at radius 3 is 2.10 bits per heavy atom. The minimum atomic E-state index is 0.752. The molecule has 5 aromatic rings. The number of fused-ring (bicyclic) bond motifs is 1. The lowest BCUT2D eigenvalue weighted by Crippen LogP contribution is -1.95. The van der Waals surface area contributed by atoms with Crippen molar-refractivity contribution in [2.24, 2.45) is 5.73 Å². The molecule has 0 aromatic heterocycles. The second-order valence-corrected chi connectivity index (χ2v) is 12.5. The van der Waals surface area contributed by atoms with E-state index in [4.69, 9.17) is 5.73 Å². The van der Waals surface area contributed by atoms with Gasteiger partial charge in [-0.3, -0.25) is 0 Å². The van der Waals surface area contributed by atoms with Gasteiger partial charge in [0, 0.05) is 17.3 Å². The molecule has 49 heavy (non-hydrogen) atoms.